The Morgan fingerprint density at radius 1 is 0.967 bits per heavy atom. The first-order chi connectivity index (χ1) is 14.3. The number of hydrogen-bond donors (Lipinski definition) is 1. The van der Waals surface area contributed by atoms with Crippen molar-refractivity contribution in [1.29, 1.82) is 0 Å². The molecule has 0 atom stereocenters. The number of hydrogen-bond acceptors (Lipinski definition) is 4. The summed E-state index contributed by atoms with van der Waals surface area (Å²) in [6.07, 6.45) is 1.58. The van der Waals surface area contributed by atoms with Gasteiger partial charge in [-0.05, 0) is 51.0 Å². The fraction of sp³-hybridized carbons (Fsp3) is 0.304. The van der Waals surface area contributed by atoms with Gasteiger partial charge in [0.25, 0.3) is 11.8 Å². The molecule has 1 heterocycles. The van der Waals surface area contributed by atoms with Crippen LogP contribution in [0.5, 0.6) is 0 Å². The van der Waals surface area contributed by atoms with Crippen LogP contribution < -0.4 is 5.32 Å². The van der Waals surface area contributed by atoms with Crippen molar-refractivity contribution in [2.75, 3.05) is 11.9 Å². The fourth-order valence-electron chi connectivity index (χ4n) is 3.81. The molecule has 0 saturated heterocycles. The highest BCUT2D eigenvalue weighted by atomic mass is 16.2. The van der Waals surface area contributed by atoms with Crippen LogP contribution in [0.25, 0.3) is 0 Å². The first-order valence-corrected chi connectivity index (χ1v) is 9.94. The van der Waals surface area contributed by atoms with Gasteiger partial charge in [-0.3, -0.25) is 24.1 Å². The molecule has 1 aliphatic carbocycles. The van der Waals surface area contributed by atoms with E-state index >= 15 is 0 Å². The summed E-state index contributed by atoms with van der Waals surface area (Å²) in [5.41, 5.74) is 0.0927. The van der Waals surface area contributed by atoms with Crippen LogP contribution in [0, 0.1) is 0 Å². The third-order valence-corrected chi connectivity index (χ3v) is 5.54. The lowest BCUT2D eigenvalue weighted by molar-refractivity contribution is -0.144. The Morgan fingerprint density at radius 2 is 1.50 bits per heavy atom. The monoisotopic (exact) mass is 405 g/mol. The topological polar surface area (TPSA) is 86.8 Å². The zero-order valence-electron chi connectivity index (χ0n) is 16.9. The molecule has 154 valence electrons. The van der Waals surface area contributed by atoms with Gasteiger partial charge in [-0.25, -0.2) is 0 Å². The Balaban J connectivity index is 1.53. The van der Waals surface area contributed by atoms with Crippen molar-refractivity contribution < 1.29 is 19.2 Å². The SMILES string of the molecule is CC(C)(C(=O)Nc1ccccc1)N(C(=O)CN1C(=O)c2ccccc2C1=O)C1CC1. The van der Waals surface area contributed by atoms with Crippen molar-refractivity contribution in [3.8, 4) is 0 Å². The molecule has 1 aliphatic heterocycles. The van der Waals surface area contributed by atoms with Gasteiger partial charge in [0.05, 0.1) is 11.1 Å². The molecule has 0 unspecified atom stereocenters. The molecule has 0 bridgehead atoms. The highest BCUT2D eigenvalue weighted by Crippen LogP contribution is 2.34. The van der Waals surface area contributed by atoms with E-state index in [1.165, 1.54) is 4.90 Å². The average molecular weight is 405 g/mol. The summed E-state index contributed by atoms with van der Waals surface area (Å²) < 4.78 is 0. The first-order valence-electron chi connectivity index (χ1n) is 9.94. The largest absolute Gasteiger partial charge is 0.324 e. The number of nitrogens with one attached hydrogen (secondary N) is 1. The third-order valence-electron chi connectivity index (χ3n) is 5.54. The molecule has 4 rings (SSSR count). The average Bonchev–Trinajstić information content (AvgIpc) is 3.53. The summed E-state index contributed by atoms with van der Waals surface area (Å²) in [6, 6.07) is 15.5. The number of benzene rings is 2. The van der Waals surface area contributed by atoms with Crippen LogP contribution in [-0.4, -0.2) is 51.6 Å². The van der Waals surface area contributed by atoms with Gasteiger partial charge >= 0.3 is 0 Å². The van der Waals surface area contributed by atoms with Gasteiger partial charge in [-0.2, -0.15) is 0 Å². The number of anilines is 1. The quantitative estimate of drug-likeness (QED) is 0.749. The highest BCUT2D eigenvalue weighted by molar-refractivity contribution is 6.22. The number of rotatable bonds is 6. The maximum Gasteiger partial charge on any atom is 0.262 e. The first kappa shape index (κ1) is 19.8. The number of para-hydroxylation sites is 1. The van der Waals surface area contributed by atoms with Crippen LogP contribution in [0.15, 0.2) is 54.6 Å². The maximum atomic E-state index is 13.2. The number of fused-ring (bicyclic) bond motifs is 1. The Kier molecular flexibility index (Phi) is 4.89. The predicted octanol–water partition coefficient (Wildman–Crippen LogP) is 2.69. The summed E-state index contributed by atoms with van der Waals surface area (Å²) in [5.74, 6) is -1.70. The van der Waals surface area contributed by atoms with E-state index in [4.69, 9.17) is 0 Å². The second-order valence-corrected chi connectivity index (χ2v) is 8.12. The zero-order chi connectivity index (χ0) is 21.5. The van der Waals surface area contributed by atoms with E-state index in [1.807, 2.05) is 18.2 Å². The second-order valence-electron chi connectivity index (χ2n) is 8.12. The van der Waals surface area contributed by atoms with E-state index in [-0.39, 0.29) is 18.5 Å². The van der Waals surface area contributed by atoms with Gasteiger partial charge in [0, 0.05) is 11.7 Å². The predicted molar refractivity (Wildman–Crippen MR) is 111 cm³/mol. The van der Waals surface area contributed by atoms with E-state index in [1.54, 1.807) is 50.2 Å². The molecule has 2 aromatic carbocycles. The van der Waals surface area contributed by atoms with Crippen LogP contribution in [0.4, 0.5) is 5.69 Å². The van der Waals surface area contributed by atoms with E-state index in [9.17, 15) is 19.2 Å². The van der Waals surface area contributed by atoms with Gasteiger partial charge in [-0.15, -0.1) is 0 Å². The van der Waals surface area contributed by atoms with E-state index in [0.29, 0.717) is 16.8 Å². The lowest BCUT2D eigenvalue weighted by Crippen LogP contribution is -2.58. The molecule has 30 heavy (non-hydrogen) atoms. The molecule has 2 aromatic rings. The number of imide groups is 1. The lowest BCUT2D eigenvalue weighted by Gasteiger charge is -2.38. The van der Waals surface area contributed by atoms with Gasteiger partial charge in [0.15, 0.2) is 0 Å². The van der Waals surface area contributed by atoms with Crippen LogP contribution in [0.1, 0.15) is 47.4 Å². The lowest BCUT2D eigenvalue weighted by atomic mass is 10.00. The minimum atomic E-state index is -1.15. The number of carbonyl (C=O) groups excluding carboxylic acids is 4. The molecule has 2 aliphatic rings. The number of nitrogens with zero attached hydrogens (tertiary/aromatic N) is 2. The van der Waals surface area contributed by atoms with Crippen molar-refractivity contribution in [3.63, 3.8) is 0 Å². The Hall–Kier alpha value is -3.48. The van der Waals surface area contributed by atoms with Gasteiger partial charge in [0.1, 0.15) is 12.1 Å². The van der Waals surface area contributed by atoms with Crippen molar-refractivity contribution in [2.45, 2.75) is 38.3 Å². The van der Waals surface area contributed by atoms with Crippen molar-refractivity contribution in [1.82, 2.24) is 9.80 Å². The third kappa shape index (κ3) is 3.47. The summed E-state index contributed by atoms with van der Waals surface area (Å²) >= 11 is 0. The normalized spacial score (nSPS) is 15.7. The van der Waals surface area contributed by atoms with Crippen LogP contribution in [-0.2, 0) is 9.59 Å². The minimum Gasteiger partial charge on any atom is -0.324 e. The van der Waals surface area contributed by atoms with Gasteiger partial charge < -0.3 is 10.2 Å². The zero-order valence-corrected chi connectivity index (χ0v) is 16.9. The second kappa shape index (κ2) is 7.40. The molecule has 4 amide bonds. The molecular weight excluding hydrogens is 382 g/mol. The number of carbonyl (C=O) groups is 4. The van der Waals surface area contributed by atoms with Gasteiger partial charge in [-0.1, -0.05) is 30.3 Å². The number of amides is 4. The van der Waals surface area contributed by atoms with Crippen LogP contribution in [0.2, 0.25) is 0 Å². The maximum absolute atomic E-state index is 13.2. The molecule has 0 radical (unpaired) electrons. The van der Waals surface area contributed by atoms with E-state index < -0.39 is 23.3 Å². The molecule has 1 N–H and O–H groups in total. The Bertz CT molecular complexity index is 993. The Morgan fingerprint density at radius 3 is 2.03 bits per heavy atom. The van der Waals surface area contributed by atoms with Crippen LogP contribution in [0.3, 0.4) is 0 Å². The molecular formula is C23H23N3O4. The molecule has 7 heteroatoms. The molecule has 1 saturated carbocycles. The Labute approximate surface area is 174 Å². The van der Waals surface area contributed by atoms with Crippen LogP contribution >= 0.6 is 0 Å². The standard InChI is InChI=1S/C23H23N3O4/c1-23(2,22(30)24-15-8-4-3-5-9-15)26(16-12-13-16)19(27)14-25-20(28)17-10-6-7-11-18(17)21(25)29/h3-11,16H,12-14H2,1-2H3,(H,24,30). The summed E-state index contributed by atoms with van der Waals surface area (Å²) in [4.78, 5) is 54.0. The van der Waals surface area contributed by atoms with E-state index in [2.05, 4.69) is 5.32 Å². The highest BCUT2D eigenvalue weighted by Gasteiger charge is 2.47. The molecule has 7 nitrogen and oxygen atoms in total. The van der Waals surface area contributed by atoms with E-state index in [0.717, 1.165) is 17.7 Å². The van der Waals surface area contributed by atoms with Crippen molar-refractivity contribution in [3.05, 3.63) is 65.7 Å². The summed E-state index contributed by atoms with van der Waals surface area (Å²) in [5, 5.41) is 2.85. The van der Waals surface area contributed by atoms with Gasteiger partial charge in [0.2, 0.25) is 11.8 Å². The summed E-state index contributed by atoms with van der Waals surface area (Å²) in [7, 11) is 0. The minimum absolute atomic E-state index is 0.0794. The summed E-state index contributed by atoms with van der Waals surface area (Å²) in [6.45, 7) is 2.98. The fourth-order valence-corrected chi connectivity index (χ4v) is 3.81. The smallest absolute Gasteiger partial charge is 0.262 e. The van der Waals surface area contributed by atoms with Crippen molar-refractivity contribution in [2.24, 2.45) is 0 Å². The molecule has 0 spiro atoms. The molecule has 0 aromatic heterocycles. The van der Waals surface area contributed by atoms with Crippen molar-refractivity contribution >= 4 is 29.3 Å². The molecule has 1 fully saturated rings.